The van der Waals surface area contributed by atoms with E-state index < -0.39 is 0 Å². The molecule has 1 saturated heterocycles. The second-order valence-electron chi connectivity index (χ2n) is 5.47. The molecule has 2 rings (SSSR count). The van der Waals surface area contributed by atoms with Crippen molar-refractivity contribution < 1.29 is 0 Å². The minimum atomic E-state index is 0.386. The molecule has 1 heterocycles. The first-order chi connectivity index (χ1) is 8.17. The summed E-state index contributed by atoms with van der Waals surface area (Å²) in [6.07, 6.45) is 12.6. The van der Waals surface area contributed by atoms with Gasteiger partial charge in [-0.05, 0) is 26.2 Å². The van der Waals surface area contributed by atoms with E-state index in [1.54, 1.807) is 0 Å². The summed E-state index contributed by atoms with van der Waals surface area (Å²) in [6, 6.07) is 0.593. The Morgan fingerprint density at radius 3 is 3.06 bits per heavy atom. The number of hydrogen-bond donors (Lipinski definition) is 0. The third-order valence-electron chi connectivity index (χ3n) is 4.01. The Balaban J connectivity index is 1.94. The Morgan fingerprint density at radius 1 is 1.47 bits per heavy atom. The van der Waals surface area contributed by atoms with Crippen molar-refractivity contribution in [1.82, 2.24) is 4.90 Å². The molecule has 0 radical (unpaired) electrons. The van der Waals surface area contributed by atoms with Crippen LogP contribution in [-0.2, 0) is 0 Å². The van der Waals surface area contributed by atoms with Gasteiger partial charge < -0.3 is 4.90 Å². The monoisotopic (exact) mass is 251 g/mol. The fourth-order valence-electron chi connectivity index (χ4n) is 2.95. The van der Waals surface area contributed by atoms with Crippen LogP contribution in [0, 0.1) is 0 Å². The van der Waals surface area contributed by atoms with Gasteiger partial charge in [-0.1, -0.05) is 44.9 Å². The predicted molar refractivity (Wildman–Crippen MR) is 78.1 cm³/mol. The third-order valence-corrected chi connectivity index (χ3v) is 5.39. The first kappa shape index (κ1) is 13.1. The Labute approximate surface area is 110 Å². The van der Waals surface area contributed by atoms with Crippen LogP contribution in [0.15, 0.2) is 23.8 Å². The first-order valence-corrected chi connectivity index (χ1v) is 7.80. The highest BCUT2D eigenvalue weighted by molar-refractivity contribution is 8.04. The van der Waals surface area contributed by atoms with Gasteiger partial charge in [0.2, 0.25) is 0 Å². The standard InChI is InChI=1S/C15H25NS/c1-4-5-6-9-12-16-13(2)17-15(3)11-8-7-10-14(15)16/h7,10,14H,2,4-6,8-9,11-12H2,1,3H3. The maximum absolute atomic E-state index is 4.26. The molecule has 0 bridgehead atoms. The fraction of sp³-hybridized carbons (Fsp3) is 0.733. The molecule has 2 atom stereocenters. The summed E-state index contributed by atoms with van der Waals surface area (Å²) < 4.78 is 0.386. The number of rotatable bonds is 5. The molecule has 0 aromatic rings. The second-order valence-corrected chi connectivity index (χ2v) is 7.08. The van der Waals surface area contributed by atoms with Crippen LogP contribution in [0.4, 0.5) is 0 Å². The second kappa shape index (κ2) is 5.51. The Morgan fingerprint density at radius 2 is 2.29 bits per heavy atom. The molecule has 1 nitrogen and oxygen atoms in total. The lowest BCUT2D eigenvalue weighted by Crippen LogP contribution is -2.41. The third kappa shape index (κ3) is 2.73. The van der Waals surface area contributed by atoms with Gasteiger partial charge in [-0.15, -0.1) is 11.8 Å². The van der Waals surface area contributed by atoms with E-state index >= 15 is 0 Å². The van der Waals surface area contributed by atoms with Crippen molar-refractivity contribution in [3.05, 3.63) is 23.8 Å². The molecule has 96 valence electrons. The van der Waals surface area contributed by atoms with Crippen LogP contribution >= 0.6 is 11.8 Å². The molecule has 0 spiro atoms. The van der Waals surface area contributed by atoms with Crippen LogP contribution in [-0.4, -0.2) is 22.2 Å². The highest BCUT2D eigenvalue weighted by Crippen LogP contribution is 2.51. The van der Waals surface area contributed by atoms with Crippen LogP contribution < -0.4 is 0 Å². The molecule has 2 aliphatic rings. The molecule has 0 N–H and O–H groups in total. The summed E-state index contributed by atoms with van der Waals surface area (Å²) >= 11 is 2.00. The van der Waals surface area contributed by atoms with Crippen LogP contribution in [0.5, 0.6) is 0 Å². The molecule has 0 amide bonds. The summed E-state index contributed by atoms with van der Waals surface area (Å²) in [5.41, 5.74) is 0. The number of fused-ring (bicyclic) bond motifs is 1. The number of nitrogens with zero attached hydrogens (tertiary/aromatic N) is 1. The minimum absolute atomic E-state index is 0.386. The highest BCUT2D eigenvalue weighted by atomic mass is 32.2. The van der Waals surface area contributed by atoms with E-state index in [0.717, 1.165) is 0 Å². The molecule has 2 heteroatoms. The molecule has 1 aliphatic carbocycles. The average Bonchev–Trinajstić information content (AvgIpc) is 2.55. The number of hydrogen-bond acceptors (Lipinski definition) is 2. The summed E-state index contributed by atoms with van der Waals surface area (Å²) in [5.74, 6) is 0. The predicted octanol–water partition coefficient (Wildman–Crippen LogP) is 4.56. The zero-order valence-corrected chi connectivity index (χ0v) is 12.1. The molecule has 0 saturated carbocycles. The van der Waals surface area contributed by atoms with Crippen molar-refractivity contribution in [2.24, 2.45) is 0 Å². The van der Waals surface area contributed by atoms with Gasteiger partial charge in [-0.25, -0.2) is 0 Å². The first-order valence-electron chi connectivity index (χ1n) is 6.98. The van der Waals surface area contributed by atoms with E-state index in [9.17, 15) is 0 Å². The van der Waals surface area contributed by atoms with Crippen molar-refractivity contribution in [1.29, 1.82) is 0 Å². The highest BCUT2D eigenvalue weighted by Gasteiger charge is 2.45. The van der Waals surface area contributed by atoms with Gasteiger partial charge in [0.1, 0.15) is 0 Å². The Kier molecular flexibility index (Phi) is 4.24. The summed E-state index contributed by atoms with van der Waals surface area (Å²) in [7, 11) is 0. The molecule has 0 aromatic heterocycles. The molecule has 1 fully saturated rings. The van der Waals surface area contributed by atoms with E-state index in [0.29, 0.717) is 10.8 Å². The van der Waals surface area contributed by atoms with Crippen LogP contribution in [0.3, 0.4) is 0 Å². The normalized spacial score (nSPS) is 32.0. The Bertz CT molecular complexity index is 310. The SMILES string of the molecule is C=C1SC2(C)CCC=CC2N1CCCCCC. The Hall–Kier alpha value is -0.370. The number of allylic oxidation sites excluding steroid dienone is 1. The van der Waals surface area contributed by atoms with Gasteiger partial charge in [-0.3, -0.25) is 0 Å². The van der Waals surface area contributed by atoms with Gasteiger partial charge in [-0.2, -0.15) is 0 Å². The number of unbranched alkanes of at least 4 members (excludes halogenated alkanes) is 3. The van der Waals surface area contributed by atoms with E-state index in [1.165, 1.54) is 50.1 Å². The van der Waals surface area contributed by atoms with E-state index in [4.69, 9.17) is 0 Å². The largest absolute Gasteiger partial charge is 0.359 e. The lowest BCUT2D eigenvalue weighted by molar-refractivity contribution is 0.268. The van der Waals surface area contributed by atoms with Crippen molar-refractivity contribution >= 4 is 11.8 Å². The maximum atomic E-state index is 4.26. The molecule has 1 aliphatic heterocycles. The minimum Gasteiger partial charge on any atom is -0.359 e. The van der Waals surface area contributed by atoms with Crippen molar-refractivity contribution in [2.45, 2.75) is 63.2 Å². The number of thioether (sulfide) groups is 1. The van der Waals surface area contributed by atoms with Gasteiger partial charge in [0, 0.05) is 11.3 Å². The molecular weight excluding hydrogens is 226 g/mol. The molecule has 17 heavy (non-hydrogen) atoms. The lowest BCUT2D eigenvalue weighted by Gasteiger charge is -2.35. The smallest absolute Gasteiger partial charge is 0.0645 e. The van der Waals surface area contributed by atoms with Crippen LogP contribution in [0.2, 0.25) is 0 Å². The molecule has 2 unspecified atom stereocenters. The van der Waals surface area contributed by atoms with Crippen molar-refractivity contribution in [3.8, 4) is 0 Å². The molecular formula is C15H25NS. The van der Waals surface area contributed by atoms with Gasteiger partial charge in [0.15, 0.2) is 0 Å². The average molecular weight is 251 g/mol. The van der Waals surface area contributed by atoms with E-state index in [-0.39, 0.29) is 0 Å². The summed E-state index contributed by atoms with van der Waals surface area (Å²) in [5, 5.41) is 1.29. The molecule has 0 aromatic carbocycles. The van der Waals surface area contributed by atoms with Gasteiger partial charge >= 0.3 is 0 Å². The van der Waals surface area contributed by atoms with Gasteiger partial charge in [0.25, 0.3) is 0 Å². The summed E-state index contributed by atoms with van der Waals surface area (Å²) in [4.78, 5) is 2.54. The van der Waals surface area contributed by atoms with Gasteiger partial charge in [0.05, 0.1) is 11.1 Å². The quantitative estimate of drug-likeness (QED) is 0.520. The zero-order chi connectivity index (χ0) is 12.3. The van der Waals surface area contributed by atoms with E-state index in [2.05, 4.69) is 37.5 Å². The van der Waals surface area contributed by atoms with Crippen molar-refractivity contribution in [2.75, 3.05) is 6.54 Å². The zero-order valence-electron chi connectivity index (χ0n) is 11.2. The fourth-order valence-corrected chi connectivity index (χ4v) is 4.35. The van der Waals surface area contributed by atoms with Crippen LogP contribution in [0.25, 0.3) is 0 Å². The lowest BCUT2D eigenvalue weighted by atomic mass is 9.89. The topological polar surface area (TPSA) is 3.24 Å². The van der Waals surface area contributed by atoms with Crippen molar-refractivity contribution in [3.63, 3.8) is 0 Å². The maximum Gasteiger partial charge on any atom is 0.0645 e. The van der Waals surface area contributed by atoms with E-state index in [1.807, 2.05) is 11.8 Å². The van der Waals surface area contributed by atoms with Crippen LogP contribution in [0.1, 0.15) is 52.4 Å². The summed E-state index contributed by atoms with van der Waals surface area (Å²) in [6.45, 7) is 10.1.